The number of amides is 1. The Morgan fingerprint density at radius 2 is 2.00 bits per heavy atom. The summed E-state index contributed by atoms with van der Waals surface area (Å²) in [4.78, 5) is 17.0. The van der Waals surface area contributed by atoms with Gasteiger partial charge in [0.25, 0.3) is 0 Å². The Labute approximate surface area is 129 Å². The molecular weight excluding hydrogens is 264 g/mol. The van der Waals surface area contributed by atoms with E-state index in [0.29, 0.717) is 18.4 Å². The van der Waals surface area contributed by atoms with Gasteiger partial charge in [0.15, 0.2) is 0 Å². The molecule has 1 unspecified atom stereocenters. The summed E-state index contributed by atoms with van der Waals surface area (Å²) in [6, 6.07) is 0.653. The Hall–Kier alpha value is -0.650. The number of rotatable bonds is 6. The largest absolute Gasteiger partial charge is 0.355 e. The van der Waals surface area contributed by atoms with E-state index < -0.39 is 0 Å². The van der Waals surface area contributed by atoms with Crippen molar-refractivity contribution in [1.29, 1.82) is 0 Å². The maximum absolute atomic E-state index is 12.0. The SMILES string of the molecule is CCN1CCN(C(C)CNC(=O)C[C@@H]2CCC[C@H]2N)CC1. The average Bonchev–Trinajstić information content (AvgIpc) is 2.90. The van der Waals surface area contributed by atoms with Crippen LogP contribution in [0.3, 0.4) is 0 Å². The van der Waals surface area contributed by atoms with Gasteiger partial charge in [-0.25, -0.2) is 0 Å². The Bertz CT molecular complexity index is 328. The first-order valence-electron chi connectivity index (χ1n) is 8.58. The van der Waals surface area contributed by atoms with Crippen LogP contribution < -0.4 is 11.1 Å². The number of hydrogen-bond acceptors (Lipinski definition) is 4. The lowest BCUT2D eigenvalue weighted by Gasteiger charge is -2.37. The monoisotopic (exact) mass is 296 g/mol. The molecule has 2 rings (SSSR count). The summed E-state index contributed by atoms with van der Waals surface area (Å²) in [6.45, 7) is 10.8. The standard InChI is InChI=1S/C16H32N4O/c1-3-19-7-9-20(10-8-19)13(2)12-18-16(21)11-14-5-4-6-15(14)17/h13-15H,3-12,17H2,1-2H3,(H,18,21)/t13?,14-,15+/m0/s1. The molecule has 5 heteroatoms. The number of nitrogens with zero attached hydrogens (tertiary/aromatic N) is 2. The molecule has 1 aliphatic heterocycles. The number of hydrogen-bond donors (Lipinski definition) is 2. The smallest absolute Gasteiger partial charge is 0.220 e. The number of nitrogens with two attached hydrogens (primary N) is 1. The van der Waals surface area contributed by atoms with Crippen molar-refractivity contribution in [3.8, 4) is 0 Å². The Balaban J connectivity index is 1.64. The molecule has 1 saturated heterocycles. The van der Waals surface area contributed by atoms with Crippen LogP contribution in [-0.2, 0) is 4.79 Å². The molecule has 21 heavy (non-hydrogen) atoms. The van der Waals surface area contributed by atoms with Crippen LogP contribution in [0.4, 0.5) is 0 Å². The van der Waals surface area contributed by atoms with Gasteiger partial charge in [-0.15, -0.1) is 0 Å². The second kappa shape index (κ2) is 8.11. The maximum atomic E-state index is 12.0. The van der Waals surface area contributed by atoms with E-state index in [9.17, 15) is 4.79 Å². The van der Waals surface area contributed by atoms with Gasteiger partial charge in [-0.05, 0) is 32.2 Å². The number of piperazine rings is 1. The fraction of sp³-hybridized carbons (Fsp3) is 0.938. The highest BCUT2D eigenvalue weighted by Gasteiger charge is 2.26. The quantitative estimate of drug-likeness (QED) is 0.755. The third-order valence-corrected chi connectivity index (χ3v) is 5.24. The van der Waals surface area contributed by atoms with Gasteiger partial charge in [0.05, 0.1) is 0 Å². The van der Waals surface area contributed by atoms with Gasteiger partial charge in [0.1, 0.15) is 0 Å². The minimum absolute atomic E-state index is 0.177. The molecule has 0 bridgehead atoms. The van der Waals surface area contributed by atoms with E-state index in [4.69, 9.17) is 5.73 Å². The van der Waals surface area contributed by atoms with Crippen molar-refractivity contribution in [3.63, 3.8) is 0 Å². The molecule has 2 fully saturated rings. The fourth-order valence-electron chi connectivity index (χ4n) is 3.54. The fourth-order valence-corrected chi connectivity index (χ4v) is 3.54. The molecule has 0 aromatic rings. The predicted octanol–water partition coefficient (Wildman–Crippen LogP) is 0.646. The van der Waals surface area contributed by atoms with Gasteiger partial charge in [0, 0.05) is 51.2 Å². The zero-order valence-corrected chi connectivity index (χ0v) is 13.7. The molecule has 2 aliphatic rings. The van der Waals surface area contributed by atoms with E-state index in [1.54, 1.807) is 0 Å². The van der Waals surface area contributed by atoms with Gasteiger partial charge in [-0.2, -0.15) is 0 Å². The van der Waals surface area contributed by atoms with Crippen molar-refractivity contribution in [2.45, 2.75) is 51.6 Å². The minimum atomic E-state index is 0.177. The van der Waals surface area contributed by atoms with E-state index in [-0.39, 0.29) is 11.9 Å². The van der Waals surface area contributed by atoms with Crippen molar-refractivity contribution < 1.29 is 4.79 Å². The molecule has 1 saturated carbocycles. The lowest BCUT2D eigenvalue weighted by molar-refractivity contribution is -0.122. The van der Waals surface area contributed by atoms with E-state index >= 15 is 0 Å². The minimum Gasteiger partial charge on any atom is -0.355 e. The van der Waals surface area contributed by atoms with Gasteiger partial charge in [-0.3, -0.25) is 9.69 Å². The van der Waals surface area contributed by atoms with Crippen LogP contribution >= 0.6 is 0 Å². The van der Waals surface area contributed by atoms with E-state index in [2.05, 4.69) is 29.0 Å². The van der Waals surface area contributed by atoms with Crippen LogP contribution in [0.15, 0.2) is 0 Å². The van der Waals surface area contributed by atoms with Crippen LogP contribution in [0.1, 0.15) is 39.5 Å². The summed E-state index contributed by atoms with van der Waals surface area (Å²) >= 11 is 0. The molecule has 1 amide bonds. The third-order valence-electron chi connectivity index (χ3n) is 5.24. The first kappa shape index (κ1) is 16.7. The normalized spacial score (nSPS) is 29.5. The summed E-state index contributed by atoms with van der Waals surface area (Å²) in [7, 11) is 0. The topological polar surface area (TPSA) is 61.6 Å². The van der Waals surface area contributed by atoms with Gasteiger partial charge < -0.3 is 16.0 Å². The first-order chi connectivity index (χ1) is 10.1. The number of carbonyl (C=O) groups is 1. The van der Waals surface area contributed by atoms with E-state index in [1.807, 2.05) is 0 Å². The summed E-state index contributed by atoms with van der Waals surface area (Å²) in [5.74, 6) is 0.574. The molecular formula is C16H32N4O. The maximum Gasteiger partial charge on any atom is 0.220 e. The molecule has 5 nitrogen and oxygen atoms in total. The predicted molar refractivity (Wildman–Crippen MR) is 86.1 cm³/mol. The van der Waals surface area contributed by atoms with Crippen LogP contribution in [0.2, 0.25) is 0 Å². The van der Waals surface area contributed by atoms with E-state index in [0.717, 1.165) is 52.1 Å². The third kappa shape index (κ3) is 4.94. The number of carbonyl (C=O) groups excluding carboxylic acids is 1. The molecule has 0 spiro atoms. The lowest BCUT2D eigenvalue weighted by Crippen LogP contribution is -2.52. The highest BCUT2D eigenvalue weighted by Crippen LogP contribution is 2.26. The molecule has 122 valence electrons. The molecule has 1 aliphatic carbocycles. The average molecular weight is 296 g/mol. The van der Waals surface area contributed by atoms with Crippen molar-refractivity contribution in [2.75, 3.05) is 39.3 Å². The molecule has 1 heterocycles. The van der Waals surface area contributed by atoms with Crippen LogP contribution in [-0.4, -0.2) is 67.1 Å². The van der Waals surface area contributed by atoms with Crippen LogP contribution in [0.25, 0.3) is 0 Å². The van der Waals surface area contributed by atoms with Crippen LogP contribution in [0, 0.1) is 5.92 Å². The zero-order chi connectivity index (χ0) is 15.2. The summed E-state index contributed by atoms with van der Waals surface area (Å²) < 4.78 is 0. The Morgan fingerprint density at radius 3 is 2.57 bits per heavy atom. The number of nitrogens with one attached hydrogen (secondary N) is 1. The molecule has 3 atom stereocenters. The summed E-state index contributed by atoms with van der Waals surface area (Å²) in [6.07, 6.45) is 3.98. The van der Waals surface area contributed by atoms with Gasteiger partial charge in [0.2, 0.25) is 5.91 Å². The molecule has 3 N–H and O–H groups in total. The number of likely N-dealkylation sites (N-methyl/N-ethyl adjacent to an activating group) is 1. The lowest BCUT2D eigenvalue weighted by atomic mass is 10.00. The Morgan fingerprint density at radius 1 is 1.29 bits per heavy atom. The highest BCUT2D eigenvalue weighted by molar-refractivity contribution is 5.76. The second-order valence-corrected chi connectivity index (χ2v) is 6.68. The molecule has 0 radical (unpaired) electrons. The van der Waals surface area contributed by atoms with Crippen molar-refractivity contribution >= 4 is 5.91 Å². The summed E-state index contributed by atoms with van der Waals surface area (Å²) in [5.41, 5.74) is 6.03. The van der Waals surface area contributed by atoms with Crippen molar-refractivity contribution in [2.24, 2.45) is 11.7 Å². The molecule has 0 aromatic heterocycles. The first-order valence-corrected chi connectivity index (χ1v) is 8.58. The van der Waals surface area contributed by atoms with Crippen molar-refractivity contribution in [1.82, 2.24) is 15.1 Å². The van der Waals surface area contributed by atoms with Gasteiger partial charge in [-0.1, -0.05) is 13.3 Å². The Kier molecular flexibility index (Phi) is 6.45. The highest BCUT2D eigenvalue weighted by atomic mass is 16.1. The second-order valence-electron chi connectivity index (χ2n) is 6.68. The van der Waals surface area contributed by atoms with Crippen molar-refractivity contribution in [3.05, 3.63) is 0 Å². The molecule has 0 aromatic carbocycles. The van der Waals surface area contributed by atoms with Crippen LogP contribution in [0.5, 0.6) is 0 Å². The van der Waals surface area contributed by atoms with Gasteiger partial charge >= 0.3 is 0 Å². The summed E-state index contributed by atoms with van der Waals surface area (Å²) in [5, 5.41) is 3.10. The van der Waals surface area contributed by atoms with E-state index in [1.165, 1.54) is 6.42 Å². The zero-order valence-electron chi connectivity index (χ0n) is 13.7.